The summed E-state index contributed by atoms with van der Waals surface area (Å²) in [5.74, 6) is -2.66. The number of esters is 1. The molecule has 1 unspecified atom stereocenters. The van der Waals surface area contributed by atoms with Crippen LogP contribution in [0.3, 0.4) is 0 Å². The van der Waals surface area contributed by atoms with Gasteiger partial charge in [-0.2, -0.15) is 0 Å². The summed E-state index contributed by atoms with van der Waals surface area (Å²) in [5.41, 5.74) is 0. The predicted octanol–water partition coefficient (Wildman–Crippen LogP) is 0.165. The van der Waals surface area contributed by atoms with Gasteiger partial charge in [0.05, 0.1) is 6.61 Å². The maximum absolute atomic E-state index is 11.3. The predicted molar refractivity (Wildman–Crippen MR) is 55.7 cm³/mol. The maximum Gasteiger partial charge on any atom is 0.326 e. The molecule has 0 fully saturated rings. The van der Waals surface area contributed by atoms with Crippen LogP contribution in [0.5, 0.6) is 0 Å². The van der Waals surface area contributed by atoms with Crippen molar-refractivity contribution in [2.75, 3.05) is 6.61 Å². The fourth-order valence-corrected chi connectivity index (χ4v) is 1.08. The summed E-state index contributed by atoms with van der Waals surface area (Å²) in [6, 6.07) is -0.984. The number of nitrogens with one attached hydrogen (secondary N) is 1. The normalized spacial score (nSPS) is 12.0. The molecule has 0 aromatic rings. The number of rotatable bonds is 6. The van der Waals surface area contributed by atoms with Crippen molar-refractivity contribution in [2.24, 2.45) is 5.92 Å². The van der Waals surface area contributed by atoms with Crippen molar-refractivity contribution in [1.82, 2.24) is 5.32 Å². The largest absolute Gasteiger partial charge is 0.480 e. The Morgan fingerprint density at radius 3 is 2.25 bits per heavy atom. The van der Waals surface area contributed by atoms with Gasteiger partial charge in [0, 0.05) is 0 Å². The van der Waals surface area contributed by atoms with Gasteiger partial charge in [-0.1, -0.05) is 13.8 Å². The molecule has 0 heterocycles. The van der Waals surface area contributed by atoms with Crippen molar-refractivity contribution >= 4 is 17.8 Å². The molecule has 2 N–H and O–H groups in total. The third kappa shape index (κ3) is 5.33. The number of carboxylic acids is 1. The van der Waals surface area contributed by atoms with Gasteiger partial charge >= 0.3 is 11.9 Å². The Morgan fingerprint density at radius 2 is 1.88 bits per heavy atom. The Kier molecular flexibility index (Phi) is 6.14. The zero-order valence-corrected chi connectivity index (χ0v) is 9.65. The van der Waals surface area contributed by atoms with Crippen molar-refractivity contribution in [2.45, 2.75) is 33.2 Å². The number of aliphatic carboxylic acids is 1. The fourth-order valence-electron chi connectivity index (χ4n) is 1.08. The van der Waals surface area contributed by atoms with Crippen LogP contribution < -0.4 is 5.32 Å². The number of carbonyl (C=O) groups excluding carboxylic acids is 2. The highest BCUT2D eigenvalue weighted by atomic mass is 16.5. The van der Waals surface area contributed by atoms with E-state index >= 15 is 0 Å². The second kappa shape index (κ2) is 6.81. The topological polar surface area (TPSA) is 92.7 Å². The first-order valence-corrected chi connectivity index (χ1v) is 5.06. The van der Waals surface area contributed by atoms with Crippen LogP contribution in [-0.4, -0.2) is 35.6 Å². The van der Waals surface area contributed by atoms with Crippen molar-refractivity contribution < 1.29 is 24.2 Å². The number of carboxylic acid groups (broad SMARTS) is 1. The van der Waals surface area contributed by atoms with E-state index in [0.717, 1.165) is 0 Å². The van der Waals surface area contributed by atoms with Crippen LogP contribution in [0.2, 0.25) is 0 Å². The minimum Gasteiger partial charge on any atom is -0.480 e. The minimum absolute atomic E-state index is 0.193. The lowest BCUT2D eigenvalue weighted by atomic mass is 10.0. The molecule has 0 aliphatic rings. The first-order chi connectivity index (χ1) is 7.38. The van der Waals surface area contributed by atoms with Crippen LogP contribution in [0.1, 0.15) is 27.2 Å². The van der Waals surface area contributed by atoms with Crippen LogP contribution in [0.15, 0.2) is 0 Å². The zero-order chi connectivity index (χ0) is 12.7. The monoisotopic (exact) mass is 231 g/mol. The van der Waals surface area contributed by atoms with E-state index in [9.17, 15) is 14.4 Å². The van der Waals surface area contributed by atoms with Crippen LogP contribution in [-0.2, 0) is 19.1 Å². The number of hydrogen-bond donors (Lipinski definition) is 2. The summed E-state index contributed by atoms with van der Waals surface area (Å²) in [6.45, 7) is 5.16. The second-order valence-corrected chi connectivity index (χ2v) is 3.61. The Bertz CT molecular complexity index is 274. The Balaban J connectivity index is 4.21. The van der Waals surface area contributed by atoms with E-state index in [2.05, 4.69) is 10.1 Å². The van der Waals surface area contributed by atoms with E-state index < -0.39 is 30.3 Å². The quantitative estimate of drug-likeness (QED) is 0.502. The summed E-state index contributed by atoms with van der Waals surface area (Å²) in [4.78, 5) is 33.0. The summed E-state index contributed by atoms with van der Waals surface area (Å²) >= 11 is 0. The third-order valence-corrected chi connectivity index (χ3v) is 1.86. The van der Waals surface area contributed by atoms with Gasteiger partial charge in [0.1, 0.15) is 12.5 Å². The molecule has 1 atom stereocenters. The van der Waals surface area contributed by atoms with E-state index in [0.29, 0.717) is 0 Å². The van der Waals surface area contributed by atoms with Gasteiger partial charge < -0.3 is 15.2 Å². The number of amides is 1. The minimum atomic E-state index is -1.12. The average molecular weight is 231 g/mol. The van der Waals surface area contributed by atoms with Gasteiger partial charge in [-0.25, -0.2) is 4.79 Å². The van der Waals surface area contributed by atoms with Crippen molar-refractivity contribution in [3.8, 4) is 0 Å². The van der Waals surface area contributed by atoms with Crippen molar-refractivity contribution in [1.29, 1.82) is 0 Å². The van der Waals surface area contributed by atoms with Gasteiger partial charge in [0.25, 0.3) is 0 Å². The van der Waals surface area contributed by atoms with Crippen molar-refractivity contribution in [3.63, 3.8) is 0 Å². The molecule has 16 heavy (non-hydrogen) atoms. The van der Waals surface area contributed by atoms with E-state index in [1.54, 1.807) is 20.8 Å². The second-order valence-electron chi connectivity index (χ2n) is 3.61. The average Bonchev–Trinajstić information content (AvgIpc) is 2.13. The highest BCUT2D eigenvalue weighted by molar-refractivity contribution is 5.95. The lowest BCUT2D eigenvalue weighted by molar-refractivity contribution is -0.148. The molecule has 0 aromatic carbocycles. The molecule has 0 spiro atoms. The molecular weight excluding hydrogens is 214 g/mol. The summed E-state index contributed by atoms with van der Waals surface area (Å²) in [5, 5.41) is 11.1. The molecule has 0 bridgehead atoms. The van der Waals surface area contributed by atoms with Gasteiger partial charge in [-0.05, 0) is 12.8 Å². The van der Waals surface area contributed by atoms with Gasteiger partial charge in [-0.3, -0.25) is 9.59 Å². The molecule has 1 amide bonds. The lowest BCUT2D eigenvalue weighted by Crippen LogP contribution is -2.44. The van der Waals surface area contributed by atoms with E-state index in [1.807, 2.05) is 0 Å². The van der Waals surface area contributed by atoms with E-state index in [1.165, 1.54) is 0 Å². The number of hydrogen-bond acceptors (Lipinski definition) is 4. The highest BCUT2D eigenvalue weighted by Crippen LogP contribution is 2.02. The molecule has 6 nitrogen and oxygen atoms in total. The highest BCUT2D eigenvalue weighted by Gasteiger charge is 2.24. The summed E-state index contributed by atoms with van der Waals surface area (Å²) < 4.78 is 4.57. The molecule has 0 radical (unpaired) electrons. The Hall–Kier alpha value is -1.59. The molecule has 0 aliphatic heterocycles. The molecule has 0 rings (SSSR count). The van der Waals surface area contributed by atoms with Gasteiger partial charge in [0.15, 0.2) is 0 Å². The van der Waals surface area contributed by atoms with Crippen LogP contribution in [0, 0.1) is 5.92 Å². The molecule has 0 saturated carbocycles. The Labute approximate surface area is 94.0 Å². The zero-order valence-electron chi connectivity index (χ0n) is 9.65. The van der Waals surface area contributed by atoms with E-state index in [-0.39, 0.29) is 12.5 Å². The molecule has 0 aliphatic carbocycles. The number of ether oxygens (including phenoxy) is 1. The summed E-state index contributed by atoms with van der Waals surface area (Å²) in [7, 11) is 0. The molecule has 6 heteroatoms. The molecular formula is C10H17NO5. The van der Waals surface area contributed by atoms with Crippen LogP contribution >= 0.6 is 0 Å². The SMILES string of the molecule is CCOC(=O)CC(=O)NC(C(=O)O)C(C)C. The molecule has 0 saturated heterocycles. The third-order valence-electron chi connectivity index (χ3n) is 1.86. The lowest BCUT2D eigenvalue weighted by Gasteiger charge is -2.17. The molecule has 0 aromatic heterocycles. The number of carbonyl (C=O) groups is 3. The first kappa shape index (κ1) is 14.4. The van der Waals surface area contributed by atoms with Gasteiger partial charge in [0.2, 0.25) is 5.91 Å². The Morgan fingerprint density at radius 1 is 1.31 bits per heavy atom. The van der Waals surface area contributed by atoms with Crippen LogP contribution in [0.25, 0.3) is 0 Å². The summed E-state index contributed by atoms with van der Waals surface area (Å²) in [6.07, 6.45) is -0.454. The fraction of sp³-hybridized carbons (Fsp3) is 0.700. The molecule has 92 valence electrons. The van der Waals surface area contributed by atoms with E-state index in [4.69, 9.17) is 5.11 Å². The van der Waals surface area contributed by atoms with Crippen molar-refractivity contribution in [3.05, 3.63) is 0 Å². The first-order valence-electron chi connectivity index (χ1n) is 5.06. The standard InChI is InChI=1S/C10H17NO5/c1-4-16-8(13)5-7(12)11-9(6(2)3)10(14)15/h6,9H,4-5H2,1-3H3,(H,11,12)(H,14,15). The van der Waals surface area contributed by atoms with Crippen LogP contribution in [0.4, 0.5) is 0 Å². The smallest absolute Gasteiger partial charge is 0.326 e. The maximum atomic E-state index is 11.3. The van der Waals surface area contributed by atoms with Gasteiger partial charge in [-0.15, -0.1) is 0 Å².